The summed E-state index contributed by atoms with van der Waals surface area (Å²) >= 11 is 0. The van der Waals surface area contributed by atoms with E-state index < -0.39 is 6.04 Å². The van der Waals surface area contributed by atoms with Crippen LogP contribution in [-0.4, -0.2) is 30.4 Å². The van der Waals surface area contributed by atoms with Gasteiger partial charge in [-0.15, -0.1) is 0 Å². The van der Waals surface area contributed by atoms with Crippen LogP contribution in [0.15, 0.2) is 48.5 Å². The number of fused-ring (bicyclic) bond motifs is 1. The van der Waals surface area contributed by atoms with Crippen LogP contribution in [0.2, 0.25) is 0 Å². The Morgan fingerprint density at radius 3 is 2.14 bits per heavy atom. The number of benzene rings is 2. The summed E-state index contributed by atoms with van der Waals surface area (Å²) in [6.45, 7) is 0.118. The Morgan fingerprint density at radius 1 is 1.00 bits per heavy atom. The van der Waals surface area contributed by atoms with Gasteiger partial charge in [-0.1, -0.05) is 30.3 Å². The molecule has 2 aromatic rings. The molecule has 0 saturated heterocycles. The Kier molecular flexibility index (Phi) is 3.65. The molecule has 2 N–H and O–H groups in total. The zero-order chi connectivity index (χ0) is 15.7. The van der Waals surface area contributed by atoms with E-state index in [0.717, 1.165) is 5.56 Å². The molecule has 0 radical (unpaired) electrons. The van der Waals surface area contributed by atoms with Crippen molar-refractivity contribution in [1.29, 1.82) is 0 Å². The van der Waals surface area contributed by atoms with Crippen molar-refractivity contribution in [2.75, 3.05) is 13.7 Å². The number of rotatable bonds is 4. The lowest BCUT2D eigenvalue weighted by Crippen LogP contribution is -2.36. The quantitative estimate of drug-likeness (QED) is 0.876. The molecule has 22 heavy (non-hydrogen) atoms. The van der Waals surface area contributed by atoms with Gasteiger partial charge < -0.3 is 10.5 Å². The Morgan fingerprint density at radius 2 is 1.55 bits per heavy atom. The first-order valence-corrected chi connectivity index (χ1v) is 6.97. The van der Waals surface area contributed by atoms with Crippen molar-refractivity contribution in [3.63, 3.8) is 0 Å². The van der Waals surface area contributed by atoms with Gasteiger partial charge in [-0.25, -0.2) is 0 Å². The molecule has 0 fully saturated rings. The van der Waals surface area contributed by atoms with Gasteiger partial charge in [-0.2, -0.15) is 0 Å². The number of carbonyl (C=O) groups excluding carboxylic acids is 2. The highest BCUT2D eigenvalue weighted by Gasteiger charge is 2.36. The molecule has 2 aromatic carbocycles. The zero-order valence-electron chi connectivity index (χ0n) is 12.2. The zero-order valence-corrected chi connectivity index (χ0v) is 12.2. The van der Waals surface area contributed by atoms with Crippen LogP contribution in [0.5, 0.6) is 5.75 Å². The fraction of sp³-hybridized carbons (Fsp3) is 0.176. The van der Waals surface area contributed by atoms with E-state index >= 15 is 0 Å². The molecule has 1 aliphatic rings. The van der Waals surface area contributed by atoms with Gasteiger partial charge in [0.25, 0.3) is 11.8 Å². The Balaban J connectivity index is 1.85. The average molecular weight is 296 g/mol. The molecule has 1 aliphatic heterocycles. The summed E-state index contributed by atoms with van der Waals surface area (Å²) < 4.78 is 5.28. The first-order valence-electron chi connectivity index (χ1n) is 6.97. The molecule has 0 spiro atoms. The van der Waals surface area contributed by atoms with E-state index in [-0.39, 0.29) is 18.4 Å². The molecule has 1 unspecified atom stereocenters. The van der Waals surface area contributed by atoms with E-state index in [2.05, 4.69) is 0 Å². The summed E-state index contributed by atoms with van der Waals surface area (Å²) in [5.74, 6) is 0.0449. The number of imide groups is 1. The first kappa shape index (κ1) is 14.3. The van der Waals surface area contributed by atoms with Gasteiger partial charge in [0.2, 0.25) is 0 Å². The summed E-state index contributed by atoms with van der Waals surface area (Å²) in [6.07, 6.45) is 0. The molecule has 0 aromatic heterocycles. The number of methoxy groups -OCH3 is 1. The minimum absolute atomic E-state index is 0.118. The molecule has 0 aliphatic carbocycles. The lowest BCUT2D eigenvalue weighted by Gasteiger charge is -2.21. The molecule has 0 bridgehead atoms. The van der Waals surface area contributed by atoms with E-state index in [1.807, 2.05) is 18.2 Å². The SMILES string of the molecule is COc1ccccc1C(N)CN1C(=O)c2ccccc2C1=O. The second-order valence-corrected chi connectivity index (χ2v) is 5.11. The highest BCUT2D eigenvalue weighted by Crippen LogP contribution is 2.27. The van der Waals surface area contributed by atoms with Crippen LogP contribution < -0.4 is 10.5 Å². The number of carbonyl (C=O) groups is 2. The lowest BCUT2D eigenvalue weighted by molar-refractivity contribution is 0.0644. The van der Waals surface area contributed by atoms with Crippen molar-refractivity contribution >= 4 is 11.8 Å². The molecule has 5 nitrogen and oxygen atoms in total. The summed E-state index contributed by atoms with van der Waals surface area (Å²) in [7, 11) is 1.56. The Hall–Kier alpha value is -2.66. The van der Waals surface area contributed by atoms with Crippen LogP contribution in [-0.2, 0) is 0 Å². The summed E-state index contributed by atoms with van der Waals surface area (Å²) in [5, 5.41) is 0. The molecule has 5 heteroatoms. The minimum Gasteiger partial charge on any atom is -0.496 e. The topological polar surface area (TPSA) is 72.6 Å². The predicted molar refractivity (Wildman–Crippen MR) is 81.7 cm³/mol. The minimum atomic E-state index is -0.502. The van der Waals surface area contributed by atoms with Crippen LogP contribution >= 0.6 is 0 Å². The van der Waals surface area contributed by atoms with Crippen LogP contribution in [0.25, 0.3) is 0 Å². The predicted octanol–water partition coefficient (Wildman–Crippen LogP) is 1.99. The smallest absolute Gasteiger partial charge is 0.261 e. The molecule has 2 amide bonds. The third-order valence-electron chi connectivity index (χ3n) is 3.80. The summed E-state index contributed by atoms with van der Waals surface area (Å²) in [5.41, 5.74) is 7.81. The number of ether oxygens (including phenoxy) is 1. The lowest BCUT2D eigenvalue weighted by atomic mass is 10.1. The fourth-order valence-electron chi connectivity index (χ4n) is 2.67. The highest BCUT2D eigenvalue weighted by atomic mass is 16.5. The molecule has 1 atom stereocenters. The van der Waals surface area contributed by atoms with Crippen molar-refractivity contribution in [2.24, 2.45) is 5.73 Å². The van der Waals surface area contributed by atoms with Crippen LogP contribution in [0.1, 0.15) is 32.3 Å². The van der Waals surface area contributed by atoms with Gasteiger partial charge >= 0.3 is 0 Å². The van der Waals surface area contributed by atoms with Crippen molar-refractivity contribution in [1.82, 2.24) is 4.90 Å². The third-order valence-corrected chi connectivity index (χ3v) is 3.80. The maximum Gasteiger partial charge on any atom is 0.261 e. The second kappa shape index (κ2) is 5.61. The number of hydrogen-bond acceptors (Lipinski definition) is 4. The molecule has 1 heterocycles. The van der Waals surface area contributed by atoms with Crippen LogP contribution in [0.3, 0.4) is 0 Å². The Labute approximate surface area is 128 Å². The maximum atomic E-state index is 12.3. The molecular weight excluding hydrogens is 280 g/mol. The van der Waals surface area contributed by atoms with Gasteiger partial charge in [-0.3, -0.25) is 14.5 Å². The molecular formula is C17H16N2O3. The number of nitrogens with zero attached hydrogens (tertiary/aromatic N) is 1. The highest BCUT2D eigenvalue weighted by molar-refractivity contribution is 6.21. The van der Waals surface area contributed by atoms with Crippen molar-refractivity contribution < 1.29 is 14.3 Å². The van der Waals surface area contributed by atoms with Gasteiger partial charge in [0.15, 0.2) is 0 Å². The first-order chi connectivity index (χ1) is 10.6. The number of hydrogen-bond donors (Lipinski definition) is 1. The van der Waals surface area contributed by atoms with E-state index in [0.29, 0.717) is 16.9 Å². The van der Waals surface area contributed by atoms with Gasteiger partial charge in [0.1, 0.15) is 5.75 Å². The normalized spacial score (nSPS) is 14.9. The standard InChI is InChI=1S/C17H16N2O3/c1-22-15-9-5-4-8-13(15)14(18)10-19-16(20)11-6-2-3-7-12(11)17(19)21/h2-9,14H,10,18H2,1H3. The van der Waals surface area contributed by atoms with Crippen LogP contribution in [0, 0.1) is 0 Å². The van der Waals surface area contributed by atoms with Crippen molar-refractivity contribution in [3.8, 4) is 5.75 Å². The van der Waals surface area contributed by atoms with Gasteiger partial charge in [0.05, 0.1) is 24.3 Å². The van der Waals surface area contributed by atoms with E-state index in [1.165, 1.54) is 4.90 Å². The monoisotopic (exact) mass is 296 g/mol. The van der Waals surface area contributed by atoms with Crippen molar-refractivity contribution in [3.05, 3.63) is 65.2 Å². The fourth-order valence-corrected chi connectivity index (χ4v) is 2.67. The number of para-hydroxylation sites is 1. The molecule has 3 rings (SSSR count). The van der Waals surface area contributed by atoms with Gasteiger partial charge in [0, 0.05) is 12.1 Å². The number of amides is 2. The largest absolute Gasteiger partial charge is 0.496 e. The molecule has 112 valence electrons. The van der Waals surface area contributed by atoms with E-state index in [4.69, 9.17) is 10.5 Å². The van der Waals surface area contributed by atoms with Crippen molar-refractivity contribution in [2.45, 2.75) is 6.04 Å². The second-order valence-electron chi connectivity index (χ2n) is 5.11. The van der Waals surface area contributed by atoms with Gasteiger partial charge in [-0.05, 0) is 18.2 Å². The molecule has 0 saturated carbocycles. The van der Waals surface area contributed by atoms with E-state index in [9.17, 15) is 9.59 Å². The average Bonchev–Trinajstić information content (AvgIpc) is 2.80. The maximum absolute atomic E-state index is 12.3. The number of nitrogens with two attached hydrogens (primary N) is 1. The summed E-state index contributed by atoms with van der Waals surface area (Å²) in [6, 6.07) is 13.6. The van der Waals surface area contributed by atoms with Crippen LogP contribution in [0.4, 0.5) is 0 Å². The third kappa shape index (κ3) is 2.25. The summed E-state index contributed by atoms with van der Waals surface area (Å²) in [4.78, 5) is 25.9. The van der Waals surface area contributed by atoms with E-state index in [1.54, 1.807) is 37.4 Å². The Bertz CT molecular complexity index is 707.